The van der Waals surface area contributed by atoms with Crippen molar-refractivity contribution in [3.8, 4) is 11.8 Å². The lowest BCUT2D eigenvalue weighted by Gasteiger charge is -2.39. The monoisotopic (exact) mass is 447 g/mol. The van der Waals surface area contributed by atoms with Gasteiger partial charge in [-0.05, 0) is 48.4 Å². The highest BCUT2D eigenvalue weighted by Crippen LogP contribution is 2.40. The van der Waals surface area contributed by atoms with Gasteiger partial charge in [-0.3, -0.25) is 9.52 Å². The van der Waals surface area contributed by atoms with Gasteiger partial charge in [-0.1, -0.05) is 20.8 Å². The number of anilines is 2. The summed E-state index contributed by atoms with van der Waals surface area (Å²) in [5, 5.41) is 11.7. The highest BCUT2D eigenvalue weighted by molar-refractivity contribution is 7.93. The molecular formula is C21H25N3O4S2. The van der Waals surface area contributed by atoms with E-state index in [-0.39, 0.29) is 21.2 Å². The second-order valence-corrected chi connectivity index (χ2v) is 11.5. The number of benzene rings is 1. The molecule has 1 aromatic carbocycles. The van der Waals surface area contributed by atoms with Gasteiger partial charge in [0.1, 0.15) is 22.4 Å². The molecule has 0 spiro atoms. The lowest BCUT2D eigenvalue weighted by molar-refractivity contribution is -0.117. The van der Waals surface area contributed by atoms with Crippen molar-refractivity contribution in [2.75, 3.05) is 16.2 Å². The molecule has 1 amide bonds. The normalized spacial score (nSPS) is 15.7. The zero-order valence-corrected chi connectivity index (χ0v) is 19.5. The molecule has 7 nitrogen and oxygen atoms in total. The highest BCUT2D eigenvalue weighted by Gasteiger charge is 2.35. The van der Waals surface area contributed by atoms with Gasteiger partial charge >= 0.3 is 0 Å². The van der Waals surface area contributed by atoms with Crippen LogP contribution in [-0.4, -0.2) is 26.5 Å². The molecule has 0 fully saturated rings. The molecule has 2 aromatic rings. The summed E-state index contributed by atoms with van der Waals surface area (Å²) >= 11 is 1.18. The number of thiophene rings is 1. The van der Waals surface area contributed by atoms with Crippen LogP contribution in [-0.2, 0) is 20.2 Å². The zero-order chi connectivity index (χ0) is 22.5. The molecule has 1 aromatic heterocycles. The molecule has 0 unspecified atom stereocenters. The van der Waals surface area contributed by atoms with Gasteiger partial charge in [0, 0.05) is 6.92 Å². The lowest BCUT2D eigenvalue weighted by atomic mass is 9.86. The molecule has 0 aliphatic carbocycles. The van der Waals surface area contributed by atoms with Crippen LogP contribution in [0.2, 0.25) is 0 Å². The van der Waals surface area contributed by atoms with Crippen molar-refractivity contribution in [1.82, 2.24) is 0 Å². The predicted molar refractivity (Wildman–Crippen MR) is 118 cm³/mol. The SMILES string of the molecule is CC(=O)N1CC(C)(C)Oc2ccc(S(=O)(=O)Nc3scc(C(C)(C)C)c3C#N)cc21. The number of hydrogen-bond acceptors (Lipinski definition) is 6. The van der Waals surface area contributed by atoms with E-state index in [1.807, 2.05) is 34.6 Å². The number of fused-ring (bicyclic) bond motifs is 1. The minimum Gasteiger partial charge on any atom is -0.484 e. The Bertz CT molecular complexity index is 1150. The number of nitrogens with one attached hydrogen (secondary N) is 1. The average Bonchev–Trinajstić information content (AvgIpc) is 3.01. The smallest absolute Gasteiger partial charge is 0.262 e. The summed E-state index contributed by atoms with van der Waals surface area (Å²) in [5.74, 6) is 0.249. The number of sulfonamides is 1. The Morgan fingerprint density at radius 2 is 2.00 bits per heavy atom. The Balaban J connectivity index is 2.01. The van der Waals surface area contributed by atoms with Crippen molar-refractivity contribution in [2.45, 2.75) is 57.5 Å². The lowest BCUT2D eigenvalue weighted by Crippen LogP contribution is -2.48. The molecule has 0 radical (unpaired) electrons. The molecule has 0 saturated heterocycles. The fourth-order valence-corrected chi connectivity index (χ4v) is 5.80. The van der Waals surface area contributed by atoms with Crippen LogP contribution in [0.5, 0.6) is 5.75 Å². The molecule has 30 heavy (non-hydrogen) atoms. The van der Waals surface area contributed by atoms with E-state index in [1.165, 1.54) is 35.3 Å². The first-order valence-corrected chi connectivity index (χ1v) is 11.8. The van der Waals surface area contributed by atoms with Crippen molar-refractivity contribution in [3.63, 3.8) is 0 Å². The van der Waals surface area contributed by atoms with Crippen LogP contribution in [0.1, 0.15) is 52.7 Å². The fourth-order valence-electron chi connectivity index (χ4n) is 3.32. The van der Waals surface area contributed by atoms with Crippen molar-refractivity contribution < 1.29 is 17.9 Å². The standard InChI is InChI=1S/C21H25N3O4S2/c1-13(25)24-12-21(5,6)28-18-8-7-14(9-17(18)24)30(26,27)23-19-15(10-22)16(11-29-19)20(2,3)4/h7-9,11,23H,12H2,1-6H3. The zero-order valence-electron chi connectivity index (χ0n) is 17.9. The van der Waals surface area contributed by atoms with Crippen molar-refractivity contribution in [3.05, 3.63) is 34.7 Å². The molecule has 1 N–H and O–H groups in total. The third kappa shape index (κ3) is 4.16. The summed E-state index contributed by atoms with van der Waals surface area (Å²) in [6, 6.07) is 6.54. The molecule has 3 rings (SSSR count). The number of hydrogen-bond donors (Lipinski definition) is 1. The van der Waals surface area contributed by atoms with Crippen LogP contribution in [0, 0.1) is 11.3 Å². The highest BCUT2D eigenvalue weighted by atomic mass is 32.2. The van der Waals surface area contributed by atoms with Crippen LogP contribution in [0.15, 0.2) is 28.5 Å². The van der Waals surface area contributed by atoms with Gasteiger partial charge in [0.2, 0.25) is 5.91 Å². The number of amides is 1. The molecular weight excluding hydrogens is 422 g/mol. The van der Waals surface area contributed by atoms with E-state index in [0.29, 0.717) is 23.5 Å². The van der Waals surface area contributed by atoms with Crippen LogP contribution in [0.25, 0.3) is 0 Å². The molecule has 0 saturated carbocycles. The minimum atomic E-state index is -3.97. The summed E-state index contributed by atoms with van der Waals surface area (Å²) in [6.07, 6.45) is 0. The third-order valence-electron chi connectivity index (χ3n) is 4.77. The Morgan fingerprint density at radius 1 is 1.33 bits per heavy atom. The van der Waals surface area contributed by atoms with E-state index in [1.54, 1.807) is 11.4 Å². The van der Waals surface area contributed by atoms with E-state index in [4.69, 9.17) is 4.74 Å². The van der Waals surface area contributed by atoms with Crippen molar-refractivity contribution in [2.24, 2.45) is 0 Å². The maximum Gasteiger partial charge on any atom is 0.262 e. The van der Waals surface area contributed by atoms with E-state index in [0.717, 1.165) is 5.56 Å². The molecule has 1 aliphatic heterocycles. The van der Waals surface area contributed by atoms with Crippen LogP contribution in [0.3, 0.4) is 0 Å². The van der Waals surface area contributed by atoms with Gasteiger partial charge in [-0.2, -0.15) is 5.26 Å². The number of nitrogens with zero attached hydrogens (tertiary/aromatic N) is 2. The number of rotatable bonds is 3. The largest absolute Gasteiger partial charge is 0.484 e. The average molecular weight is 448 g/mol. The Kier molecular flexibility index (Phi) is 5.37. The number of carbonyl (C=O) groups excluding carboxylic acids is 1. The molecule has 2 heterocycles. The quantitative estimate of drug-likeness (QED) is 0.758. The maximum absolute atomic E-state index is 13.1. The van der Waals surface area contributed by atoms with E-state index >= 15 is 0 Å². The molecule has 160 valence electrons. The van der Waals surface area contributed by atoms with Crippen LogP contribution < -0.4 is 14.4 Å². The van der Waals surface area contributed by atoms with Gasteiger partial charge < -0.3 is 9.64 Å². The van der Waals surface area contributed by atoms with Gasteiger partial charge in [0.05, 0.1) is 22.7 Å². The second kappa shape index (κ2) is 7.29. The molecule has 1 aliphatic rings. The van der Waals surface area contributed by atoms with Gasteiger partial charge in [-0.15, -0.1) is 11.3 Å². The summed E-state index contributed by atoms with van der Waals surface area (Å²) in [6.45, 7) is 11.4. The van der Waals surface area contributed by atoms with Crippen molar-refractivity contribution in [1.29, 1.82) is 5.26 Å². The summed E-state index contributed by atoms with van der Waals surface area (Å²) in [4.78, 5) is 13.7. The Morgan fingerprint density at radius 3 is 2.57 bits per heavy atom. The predicted octanol–water partition coefficient (Wildman–Crippen LogP) is 4.24. The van der Waals surface area contributed by atoms with Crippen LogP contribution in [0.4, 0.5) is 10.7 Å². The maximum atomic E-state index is 13.1. The Labute approximate surface area is 181 Å². The number of carbonyl (C=O) groups is 1. The first-order valence-electron chi connectivity index (χ1n) is 9.41. The molecule has 9 heteroatoms. The summed E-state index contributed by atoms with van der Waals surface area (Å²) in [5.41, 5.74) is 0.649. The van der Waals surface area contributed by atoms with Gasteiger partial charge in [-0.25, -0.2) is 8.42 Å². The second-order valence-electron chi connectivity index (χ2n) is 8.92. The molecule has 0 bridgehead atoms. The van der Waals surface area contributed by atoms with E-state index < -0.39 is 15.6 Å². The Hall–Kier alpha value is -2.57. The van der Waals surface area contributed by atoms with E-state index in [2.05, 4.69) is 10.8 Å². The minimum absolute atomic E-state index is 0.00888. The first kappa shape index (κ1) is 22.1. The van der Waals surface area contributed by atoms with Gasteiger partial charge in [0.15, 0.2) is 0 Å². The molecule has 0 atom stereocenters. The van der Waals surface area contributed by atoms with E-state index in [9.17, 15) is 18.5 Å². The van der Waals surface area contributed by atoms with Gasteiger partial charge in [0.25, 0.3) is 10.0 Å². The third-order valence-corrected chi connectivity index (χ3v) is 7.15. The summed E-state index contributed by atoms with van der Waals surface area (Å²) < 4.78 is 34.6. The fraction of sp³-hybridized carbons (Fsp3) is 0.429. The topological polar surface area (TPSA) is 99.5 Å². The van der Waals surface area contributed by atoms with Crippen molar-refractivity contribution >= 4 is 38.0 Å². The first-order chi connectivity index (χ1) is 13.7. The number of nitriles is 1. The van der Waals surface area contributed by atoms with Crippen LogP contribution >= 0.6 is 11.3 Å². The number of ether oxygens (including phenoxy) is 1. The summed E-state index contributed by atoms with van der Waals surface area (Å²) in [7, 11) is -3.97.